The van der Waals surface area contributed by atoms with E-state index in [-0.39, 0.29) is 30.5 Å². The number of fused-ring (bicyclic) bond motifs is 1. The van der Waals surface area contributed by atoms with Gasteiger partial charge < -0.3 is 14.6 Å². The van der Waals surface area contributed by atoms with E-state index in [2.05, 4.69) is 14.9 Å². The summed E-state index contributed by atoms with van der Waals surface area (Å²) in [5.41, 5.74) is -2.29. The summed E-state index contributed by atoms with van der Waals surface area (Å²) in [7, 11) is -5.47. The molecule has 0 amide bonds. The van der Waals surface area contributed by atoms with Crippen LogP contribution in [0.2, 0.25) is 0 Å². The van der Waals surface area contributed by atoms with Crippen molar-refractivity contribution >= 4 is 15.7 Å². The smallest absolute Gasteiger partial charge is 0.380 e. The molecule has 1 saturated heterocycles. The van der Waals surface area contributed by atoms with E-state index in [1.54, 1.807) is 12.5 Å². The molecule has 4 fully saturated rings. The molecular weight excluding hydrogens is 457 g/mol. The van der Waals surface area contributed by atoms with Crippen molar-refractivity contribution in [1.82, 2.24) is 14.3 Å². The number of ether oxygens (including phenoxy) is 1. The van der Waals surface area contributed by atoms with Crippen molar-refractivity contribution in [3.05, 3.63) is 47.5 Å². The van der Waals surface area contributed by atoms with E-state index in [1.165, 1.54) is 0 Å². The third-order valence-electron chi connectivity index (χ3n) is 7.94. The summed E-state index contributed by atoms with van der Waals surface area (Å²) in [5, 5.41) is 0. The maximum absolute atomic E-state index is 13.7. The minimum atomic E-state index is -5.47. The molecule has 1 aromatic carbocycles. The van der Waals surface area contributed by atoms with Crippen molar-refractivity contribution in [3.63, 3.8) is 0 Å². The lowest BCUT2D eigenvalue weighted by Gasteiger charge is -2.67. The van der Waals surface area contributed by atoms with Gasteiger partial charge in [0.15, 0.2) is 0 Å². The van der Waals surface area contributed by atoms with Crippen LogP contribution in [0.3, 0.4) is 0 Å². The number of alkyl halides is 3. The van der Waals surface area contributed by atoms with Crippen molar-refractivity contribution < 1.29 is 26.3 Å². The number of sulfonamides is 1. The predicted octanol–water partition coefficient (Wildman–Crippen LogP) is 3.36. The molecule has 0 spiro atoms. The van der Waals surface area contributed by atoms with Crippen LogP contribution < -0.4 is 4.90 Å². The lowest BCUT2D eigenvalue weighted by Crippen LogP contribution is -2.66. The maximum Gasteiger partial charge on any atom is 0.511 e. The summed E-state index contributed by atoms with van der Waals surface area (Å²) in [4.78, 5) is 9.29. The fourth-order valence-electron chi connectivity index (χ4n) is 5.97. The molecule has 3 heterocycles. The molecule has 0 radical (unpaired) electrons. The van der Waals surface area contributed by atoms with Gasteiger partial charge in [0.2, 0.25) is 0 Å². The van der Waals surface area contributed by atoms with Crippen molar-refractivity contribution in [2.24, 2.45) is 11.3 Å². The van der Waals surface area contributed by atoms with Crippen molar-refractivity contribution in [1.29, 1.82) is 0 Å². The van der Waals surface area contributed by atoms with Crippen LogP contribution in [0.15, 0.2) is 30.7 Å². The van der Waals surface area contributed by atoms with Crippen LogP contribution in [0.4, 0.5) is 18.9 Å². The number of nitrogens with zero attached hydrogens (tertiary/aromatic N) is 3. The van der Waals surface area contributed by atoms with Gasteiger partial charge in [0.1, 0.15) is 0 Å². The third kappa shape index (κ3) is 3.30. The Morgan fingerprint density at radius 2 is 1.97 bits per heavy atom. The van der Waals surface area contributed by atoms with E-state index in [0.717, 1.165) is 36.2 Å². The first-order valence-electron chi connectivity index (χ1n) is 11.2. The molecule has 33 heavy (non-hydrogen) atoms. The minimum Gasteiger partial charge on any atom is -0.380 e. The number of hydrogen-bond acceptors (Lipinski definition) is 5. The zero-order chi connectivity index (χ0) is 23.0. The maximum atomic E-state index is 13.7. The molecule has 1 aromatic heterocycles. The van der Waals surface area contributed by atoms with Gasteiger partial charge in [0.25, 0.3) is 0 Å². The number of hydrogen-bond donors (Lipinski definition) is 1. The molecule has 2 bridgehead atoms. The van der Waals surface area contributed by atoms with Crippen LogP contribution in [0, 0.1) is 11.3 Å². The normalized spacial score (nSPS) is 30.1. The van der Waals surface area contributed by atoms with Crippen LogP contribution in [0.25, 0.3) is 0 Å². The monoisotopic (exact) mass is 482 g/mol. The SMILES string of the molecule is O=S(=O)(N1Cc2cc(C3COC3)ccc2N(Cc2cnc[nH]2)C(C23CC(C2)C3)C1)C(F)(F)F. The summed E-state index contributed by atoms with van der Waals surface area (Å²) in [6.07, 6.45) is 6.08. The quantitative estimate of drug-likeness (QED) is 0.707. The Balaban J connectivity index is 1.47. The first kappa shape index (κ1) is 21.4. The van der Waals surface area contributed by atoms with Crippen LogP contribution in [0.5, 0.6) is 0 Å². The number of halogens is 3. The Hall–Kier alpha value is -2.11. The van der Waals surface area contributed by atoms with Crippen molar-refractivity contribution in [2.75, 3.05) is 24.7 Å². The summed E-state index contributed by atoms with van der Waals surface area (Å²) >= 11 is 0. The van der Waals surface area contributed by atoms with Gasteiger partial charge in [-0.2, -0.15) is 17.5 Å². The molecule has 1 unspecified atom stereocenters. The molecule has 1 atom stereocenters. The zero-order valence-electron chi connectivity index (χ0n) is 17.9. The van der Waals surface area contributed by atoms with E-state index in [1.807, 2.05) is 18.2 Å². The highest BCUT2D eigenvalue weighted by atomic mass is 32.2. The average Bonchev–Trinajstić information content (AvgIpc) is 3.08. The highest BCUT2D eigenvalue weighted by Crippen LogP contribution is 2.67. The molecule has 3 aliphatic carbocycles. The van der Waals surface area contributed by atoms with Crippen LogP contribution >= 0.6 is 0 Å². The molecule has 1 N–H and O–H groups in total. The number of anilines is 1. The molecule has 7 rings (SSSR count). The Bertz CT molecular complexity index is 1150. The summed E-state index contributed by atoms with van der Waals surface area (Å²) in [6, 6.07) is 5.47. The number of rotatable bonds is 5. The van der Waals surface area contributed by atoms with Gasteiger partial charge in [0, 0.05) is 36.9 Å². The van der Waals surface area contributed by atoms with Crippen molar-refractivity contribution in [3.8, 4) is 0 Å². The van der Waals surface area contributed by atoms with E-state index in [9.17, 15) is 21.6 Å². The molecule has 11 heteroatoms. The second-order valence-electron chi connectivity index (χ2n) is 9.93. The number of H-pyrrole nitrogens is 1. The van der Waals surface area contributed by atoms with Gasteiger partial charge in [0.05, 0.1) is 31.8 Å². The Morgan fingerprint density at radius 1 is 1.21 bits per heavy atom. The summed E-state index contributed by atoms with van der Waals surface area (Å²) in [6.45, 7) is 1.08. The van der Waals surface area contributed by atoms with Gasteiger partial charge in [-0.3, -0.25) is 0 Å². The summed E-state index contributed by atoms with van der Waals surface area (Å²) < 4.78 is 72.1. The number of benzene rings is 1. The average molecular weight is 483 g/mol. The summed E-state index contributed by atoms with van der Waals surface area (Å²) in [5.74, 6) is 0.788. The van der Waals surface area contributed by atoms with Gasteiger partial charge in [-0.1, -0.05) is 12.1 Å². The fourth-order valence-corrected chi connectivity index (χ4v) is 6.90. The van der Waals surface area contributed by atoms with E-state index in [4.69, 9.17) is 4.74 Å². The van der Waals surface area contributed by atoms with Gasteiger partial charge in [-0.25, -0.2) is 13.4 Å². The van der Waals surface area contributed by atoms with E-state index >= 15 is 0 Å². The lowest BCUT2D eigenvalue weighted by atomic mass is 9.41. The number of aromatic amines is 1. The first-order valence-corrected chi connectivity index (χ1v) is 12.6. The number of imidazole rings is 1. The highest BCUT2D eigenvalue weighted by Gasteiger charge is 2.63. The van der Waals surface area contributed by atoms with Crippen LogP contribution in [0.1, 0.15) is 42.0 Å². The molecule has 2 aliphatic heterocycles. The topological polar surface area (TPSA) is 78.5 Å². The molecule has 178 valence electrons. The van der Waals surface area contributed by atoms with Crippen molar-refractivity contribution in [2.45, 2.75) is 49.8 Å². The van der Waals surface area contributed by atoms with E-state index < -0.39 is 15.5 Å². The number of aromatic nitrogens is 2. The zero-order valence-corrected chi connectivity index (χ0v) is 18.7. The van der Waals surface area contributed by atoms with Gasteiger partial charge in [-0.05, 0) is 47.8 Å². The molecular formula is C22H25F3N4O3S. The molecule has 3 saturated carbocycles. The molecule has 2 aromatic rings. The molecule has 7 nitrogen and oxygen atoms in total. The van der Waals surface area contributed by atoms with Crippen LogP contribution in [-0.2, 0) is 27.8 Å². The first-order chi connectivity index (χ1) is 15.7. The second-order valence-corrected chi connectivity index (χ2v) is 11.9. The molecule has 5 aliphatic rings. The predicted molar refractivity (Wildman–Crippen MR) is 114 cm³/mol. The van der Waals surface area contributed by atoms with Gasteiger partial charge in [-0.15, -0.1) is 0 Å². The second kappa shape index (κ2) is 7.19. The Kier molecular flexibility index (Phi) is 4.67. The number of nitrogens with one attached hydrogen (secondary N) is 1. The third-order valence-corrected chi connectivity index (χ3v) is 9.49. The minimum absolute atomic E-state index is 0.147. The van der Waals surface area contributed by atoms with E-state index in [0.29, 0.717) is 35.5 Å². The lowest BCUT2D eigenvalue weighted by molar-refractivity contribution is -0.129. The Labute approximate surface area is 190 Å². The Morgan fingerprint density at radius 3 is 2.52 bits per heavy atom. The fraction of sp³-hybridized carbons (Fsp3) is 0.591. The standard InChI is InChI=1S/C22H25F3N4O3S/c23-22(24,25)33(30,31)28-8-16-3-15(17-11-32-12-17)1-2-19(16)29(9-18-7-26-13-27-18)20(10-28)21-4-14(5-21)6-21/h1-3,7,13-14,17,20H,4-6,8-12H2,(H,26,27). The highest BCUT2D eigenvalue weighted by molar-refractivity contribution is 7.89. The van der Waals surface area contributed by atoms with Gasteiger partial charge >= 0.3 is 15.5 Å². The van der Waals surface area contributed by atoms with Crippen LogP contribution in [-0.4, -0.2) is 54.0 Å². The largest absolute Gasteiger partial charge is 0.511 e.